The molecule has 0 aliphatic heterocycles. The Balaban J connectivity index is 1.91. The van der Waals surface area contributed by atoms with Crippen molar-refractivity contribution in [2.75, 3.05) is 6.54 Å². The highest BCUT2D eigenvalue weighted by Crippen LogP contribution is 2.31. The molecule has 6 heteroatoms. The standard InChI is InChI=1S/C16H22N2O2S2/c1-10(14(20)17-9-13(19)16(2,3)4)21-15-18-11-7-5-6-8-12(11)22-15/h5-8,10,13,19H,9H2,1-4H3,(H,17,20). The molecular weight excluding hydrogens is 316 g/mol. The van der Waals surface area contributed by atoms with Crippen molar-refractivity contribution in [3.63, 3.8) is 0 Å². The van der Waals surface area contributed by atoms with Gasteiger partial charge >= 0.3 is 0 Å². The molecule has 22 heavy (non-hydrogen) atoms. The van der Waals surface area contributed by atoms with Crippen LogP contribution in [0.2, 0.25) is 0 Å². The molecule has 2 unspecified atom stereocenters. The number of carbonyl (C=O) groups is 1. The molecular formula is C16H22N2O2S2. The molecule has 0 aliphatic rings. The van der Waals surface area contributed by atoms with Crippen LogP contribution in [0.15, 0.2) is 28.6 Å². The molecule has 0 saturated heterocycles. The van der Waals surface area contributed by atoms with Gasteiger partial charge in [-0.2, -0.15) is 0 Å². The molecule has 0 fully saturated rings. The van der Waals surface area contributed by atoms with Crippen molar-refractivity contribution in [1.82, 2.24) is 10.3 Å². The zero-order valence-electron chi connectivity index (χ0n) is 13.3. The molecule has 1 amide bonds. The monoisotopic (exact) mass is 338 g/mol. The lowest BCUT2D eigenvalue weighted by Crippen LogP contribution is -2.41. The Morgan fingerprint density at radius 1 is 1.41 bits per heavy atom. The third-order valence-electron chi connectivity index (χ3n) is 3.39. The number of aliphatic hydroxyl groups excluding tert-OH is 1. The minimum atomic E-state index is -0.559. The lowest BCUT2D eigenvalue weighted by molar-refractivity contribution is -0.121. The number of hydrogen-bond acceptors (Lipinski definition) is 5. The van der Waals surface area contributed by atoms with Crippen LogP contribution in [0, 0.1) is 5.41 Å². The van der Waals surface area contributed by atoms with Crippen molar-refractivity contribution in [1.29, 1.82) is 0 Å². The SMILES string of the molecule is CC(Sc1nc2ccccc2s1)C(=O)NCC(O)C(C)(C)C. The molecule has 1 heterocycles. The number of hydrogen-bond donors (Lipinski definition) is 2. The molecule has 0 saturated carbocycles. The second-order valence-corrected chi connectivity index (χ2v) is 8.95. The van der Waals surface area contributed by atoms with E-state index in [-0.39, 0.29) is 23.1 Å². The number of benzene rings is 1. The van der Waals surface area contributed by atoms with Gasteiger partial charge in [-0.3, -0.25) is 4.79 Å². The van der Waals surface area contributed by atoms with Gasteiger partial charge in [-0.05, 0) is 24.5 Å². The predicted octanol–water partition coefficient (Wildman–Crippen LogP) is 3.30. The summed E-state index contributed by atoms with van der Waals surface area (Å²) in [5.74, 6) is -0.0763. The fourth-order valence-corrected chi connectivity index (χ4v) is 3.99. The number of nitrogens with zero attached hydrogens (tertiary/aromatic N) is 1. The molecule has 0 bridgehead atoms. The zero-order chi connectivity index (χ0) is 16.3. The first-order chi connectivity index (χ1) is 10.3. The summed E-state index contributed by atoms with van der Waals surface area (Å²) in [6.07, 6.45) is -0.559. The Kier molecular flexibility index (Phi) is 5.47. The highest BCUT2D eigenvalue weighted by molar-refractivity contribution is 8.02. The highest BCUT2D eigenvalue weighted by atomic mass is 32.2. The summed E-state index contributed by atoms with van der Waals surface area (Å²) in [5, 5.41) is 12.5. The maximum absolute atomic E-state index is 12.1. The van der Waals surface area contributed by atoms with Gasteiger partial charge in [0.25, 0.3) is 0 Å². The van der Waals surface area contributed by atoms with E-state index in [1.807, 2.05) is 52.0 Å². The van der Waals surface area contributed by atoms with Crippen molar-refractivity contribution in [3.05, 3.63) is 24.3 Å². The highest BCUT2D eigenvalue weighted by Gasteiger charge is 2.24. The molecule has 2 rings (SSSR count). The molecule has 1 aromatic carbocycles. The van der Waals surface area contributed by atoms with Gasteiger partial charge in [0.1, 0.15) is 0 Å². The summed E-state index contributed by atoms with van der Waals surface area (Å²) in [4.78, 5) is 16.6. The fourth-order valence-electron chi connectivity index (χ4n) is 1.75. The Labute approximate surface area is 139 Å². The van der Waals surface area contributed by atoms with E-state index in [1.54, 1.807) is 11.3 Å². The third-order valence-corrected chi connectivity index (χ3v) is 5.62. The van der Waals surface area contributed by atoms with Crippen LogP contribution < -0.4 is 5.32 Å². The minimum absolute atomic E-state index is 0.0763. The van der Waals surface area contributed by atoms with Gasteiger partial charge < -0.3 is 10.4 Å². The minimum Gasteiger partial charge on any atom is -0.391 e. The molecule has 120 valence electrons. The maximum atomic E-state index is 12.1. The fraction of sp³-hybridized carbons (Fsp3) is 0.500. The van der Waals surface area contributed by atoms with Gasteiger partial charge in [0, 0.05) is 6.54 Å². The molecule has 0 spiro atoms. The van der Waals surface area contributed by atoms with Gasteiger partial charge in [-0.1, -0.05) is 44.7 Å². The quantitative estimate of drug-likeness (QED) is 0.821. The van der Waals surface area contributed by atoms with E-state index < -0.39 is 6.10 Å². The third kappa shape index (κ3) is 4.44. The lowest BCUT2D eigenvalue weighted by atomic mass is 9.89. The van der Waals surface area contributed by atoms with Gasteiger partial charge in [0.05, 0.1) is 21.6 Å². The predicted molar refractivity (Wildman–Crippen MR) is 93.4 cm³/mol. The van der Waals surface area contributed by atoms with E-state index in [4.69, 9.17) is 0 Å². The average Bonchev–Trinajstić information content (AvgIpc) is 2.85. The smallest absolute Gasteiger partial charge is 0.233 e. The van der Waals surface area contributed by atoms with Crippen LogP contribution in [0.3, 0.4) is 0 Å². The van der Waals surface area contributed by atoms with Gasteiger partial charge in [0.15, 0.2) is 4.34 Å². The van der Waals surface area contributed by atoms with Crippen molar-refractivity contribution >= 4 is 39.2 Å². The van der Waals surface area contributed by atoms with Crippen LogP contribution in [0.25, 0.3) is 10.2 Å². The molecule has 0 aliphatic carbocycles. The molecule has 2 aromatic rings. The summed E-state index contributed by atoms with van der Waals surface area (Å²) in [6, 6.07) is 7.95. The zero-order valence-corrected chi connectivity index (χ0v) is 14.9. The first-order valence-electron chi connectivity index (χ1n) is 7.25. The van der Waals surface area contributed by atoms with Crippen molar-refractivity contribution in [3.8, 4) is 0 Å². The van der Waals surface area contributed by atoms with Gasteiger partial charge in [-0.25, -0.2) is 4.98 Å². The van der Waals surface area contributed by atoms with Crippen molar-refractivity contribution in [2.45, 2.75) is 43.4 Å². The van der Waals surface area contributed by atoms with Crippen LogP contribution in [-0.2, 0) is 4.79 Å². The van der Waals surface area contributed by atoms with Crippen LogP contribution in [0.1, 0.15) is 27.7 Å². The van der Waals surface area contributed by atoms with Crippen molar-refractivity contribution < 1.29 is 9.90 Å². The summed E-state index contributed by atoms with van der Waals surface area (Å²) in [5.41, 5.74) is 0.724. The first kappa shape index (κ1) is 17.2. The Hall–Kier alpha value is -1.11. The first-order valence-corrected chi connectivity index (χ1v) is 8.95. The molecule has 1 aromatic heterocycles. The topological polar surface area (TPSA) is 62.2 Å². The number of thioether (sulfide) groups is 1. The van der Waals surface area contributed by atoms with E-state index in [2.05, 4.69) is 10.3 Å². The van der Waals surface area contributed by atoms with Gasteiger partial charge in [0.2, 0.25) is 5.91 Å². The molecule has 4 nitrogen and oxygen atoms in total. The van der Waals surface area contributed by atoms with Crippen molar-refractivity contribution in [2.24, 2.45) is 5.41 Å². The van der Waals surface area contributed by atoms with Crippen LogP contribution in [0.4, 0.5) is 0 Å². The second kappa shape index (κ2) is 6.98. The van der Waals surface area contributed by atoms with E-state index >= 15 is 0 Å². The van der Waals surface area contributed by atoms with Crippen LogP contribution in [0.5, 0.6) is 0 Å². The maximum Gasteiger partial charge on any atom is 0.233 e. The molecule has 2 N–H and O–H groups in total. The van der Waals surface area contributed by atoms with E-state index in [0.717, 1.165) is 14.6 Å². The number of thiazole rings is 1. The summed E-state index contributed by atoms with van der Waals surface area (Å²) in [7, 11) is 0. The molecule has 2 atom stereocenters. The van der Waals surface area contributed by atoms with E-state index in [1.165, 1.54) is 11.8 Å². The summed E-state index contributed by atoms with van der Waals surface area (Å²) in [6.45, 7) is 7.97. The Morgan fingerprint density at radius 2 is 2.09 bits per heavy atom. The van der Waals surface area contributed by atoms with E-state index in [9.17, 15) is 9.90 Å². The number of nitrogens with one attached hydrogen (secondary N) is 1. The second-order valence-electron chi connectivity index (χ2n) is 6.33. The number of aromatic nitrogens is 1. The summed E-state index contributed by atoms with van der Waals surface area (Å²) < 4.78 is 2.01. The number of amides is 1. The average molecular weight is 338 g/mol. The van der Waals surface area contributed by atoms with E-state index in [0.29, 0.717) is 0 Å². The van der Waals surface area contributed by atoms with Crippen LogP contribution >= 0.6 is 23.1 Å². The number of carbonyl (C=O) groups excluding carboxylic acids is 1. The summed E-state index contributed by atoms with van der Waals surface area (Å²) >= 11 is 3.04. The Bertz CT molecular complexity index is 616. The normalized spacial score (nSPS) is 14.8. The number of fused-ring (bicyclic) bond motifs is 1. The number of rotatable bonds is 5. The number of para-hydroxylation sites is 1. The van der Waals surface area contributed by atoms with Crippen LogP contribution in [-0.4, -0.2) is 33.9 Å². The number of aliphatic hydroxyl groups is 1. The van der Waals surface area contributed by atoms with Gasteiger partial charge in [-0.15, -0.1) is 11.3 Å². The lowest BCUT2D eigenvalue weighted by Gasteiger charge is -2.26. The molecule has 0 radical (unpaired) electrons. The largest absolute Gasteiger partial charge is 0.391 e. The Morgan fingerprint density at radius 3 is 2.73 bits per heavy atom.